The molecule has 20 heavy (non-hydrogen) atoms. The van der Waals surface area contributed by atoms with Crippen LogP contribution < -0.4 is 5.73 Å². The summed E-state index contributed by atoms with van der Waals surface area (Å²) >= 11 is 5.54. The molecule has 1 aliphatic heterocycles. The maximum Gasteiger partial charge on any atom is 0.0738 e. The molecule has 2 aromatic rings. The number of aryl methyl sites for hydroxylation is 2. The zero-order valence-electron chi connectivity index (χ0n) is 11.6. The first-order chi connectivity index (χ1) is 9.58. The van der Waals surface area contributed by atoms with Gasteiger partial charge in [0.25, 0.3) is 0 Å². The average Bonchev–Trinajstić information content (AvgIpc) is 2.96. The van der Waals surface area contributed by atoms with Gasteiger partial charge in [0.1, 0.15) is 0 Å². The van der Waals surface area contributed by atoms with Gasteiger partial charge in [-0.05, 0) is 34.5 Å². The van der Waals surface area contributed by atoms with Crippen LogP contribution in [0.4, 0.5) is 0 Å². The van der Waals surface area contributed by atoms with E-state index in [1.807, 2.05) is 30.4 Å². The van der Waals surface area contributed by atoms with Gasteiger partial charge in [-0.25, -0.2) is 0 Å². The predicted octanol–water partition coefficient (Wildman–Crippen LogP) is 3.25. The van der Waals surface area contributed by atoms with E-state index in [0.717, 1.165) is 22.3 Å². The lowest BCUT2D eigenvalue weighted by Crippen LogP contribution is -2.31. The van der Waals surface area contributed by atoms with Gasteiger partial charge in [-0.3, -0.25) is 4.68 Å². The number of nitrogens with two attached hydrogens (primary N) is 1. The summed E-state index contributed by atoms with van der Waals surface area (Å²) in [6, 6.07) is 8.73. The summed E-state index contributed by atoms with van der Waals surface area (Å²) in [6.07, 6.45) is 0.845. The summed E-state index contributed by atoms with van der Waals surface area (Å²) in [5.41, 5.74) is 10.1. The number of aromatic nitrogens is 2. The van der Waals surface area contributed by atoms with Gasteiger partial charge in [0.15, 0.2) is 0 Å². The minimum absolute atomic E-state index is 0.122. The van der Waals surface area contributed by atoms with Crippen LogP contribution in [0.3, 0.4) is 0 Å². The second-order valence-corrected chi connectivity index (χ2v) is 7.15. The molecule has 0 spiro atoms. The van der Waals surface area contributed by atoms with Crippen molar-refractivity contribution in [2.45, 2.75) is 30.2 Å². The fourth-order valence-corrected chi connectivity index (χ4v) is 4.65. The summed E-state index contributed by atoms with van der Waals surface area (Å²) in [5, 5.41) is 4.44. The normalized spacial score (nSPS) is 19.1. The molecule has 0 bridgehead atoms. The standard InChI is InChI=1S/C15H18BrN3S/c1-9-15(16)13(19(2)18-9)7-12(17)11-8-20-14-6-4-3-5-10(11)14/h3-6,11-12H,7-8,17H2,1-2H3. The lowest BCUT2D eigenvalue weighted by molar-refractivity contribution is 0.546. The number of thioether (sulfide) groups is 1. The molecule has 5 heteroatoms. The van der Waals surface area contributed by atoms with E-state index in [0.29, 0.717) is 5.92 Å². The topological polar surface area (TPSA) is 43.8 Å². The molecule has 2 unspecified atom stereocenters. The van der Waals surface area contributed by atoms with E-state index in [9.17, 15) is 0 Å². The van der Waals surface area contributed by atoms with Crippen LogP contribution >= 0.6 is 27.7 Å². The van der Waals surface area contributed by atoms with Crippen molar-refractivity contribution in [2.24, 2.45) is 12.8 Å². The van der Waals surface area contributed by atoms with E-state index >= 15 is 0 Å². The van der Waals surface area contributed by atoms with Crippen molar-refractivity contribution in [2.75, 3.05) is 5.75 Å². The van der Waals surface area contributed by atoms with Crippen LogP contribution in [-0.4, -0.2) is 21.6 Å². The highest BCUT2D eigenvalue weighted by atomic mass is 79.9. The Labute approximate surface area is 132 Å². The molecular formula is C15H18BrN3S. The molecule has 1 aromatic heterocycles. The molecule has 2 heterocycles. The number of rotatable bonds is 3. The van der Waals surface area contributed by atoms with E-state index in [-0.39, 0.29) is 6.04 Å². The Morgan fingerprint density at radius 3 is 2.95 bits per heavy atom. The molecule has 0 saturated heterocycles. The Bertz CT molecular complexity index is 638. The van der Waals surface area contributed by atoms with E-state index in [2.05, 4.69) is 45.3 Å². The fourth-order valence-electron chi connectivity index (χ4n) is 2.81. The van der Waals surface area contributed by atoms with Crippen LogP contribution in [0.1, 0.15) is 22.9 Å². The van der Waals surface area contributed by atoms with Gasteiger partial charge in [0.05, 0.1) is 15.9 Å². The minimum Gasteiger partial charge on any atom is -0.327 e. The van der Waals surface area contributed by atoms with Crippen molar-refractivity contribution in [3.05, 3.63) is 45.7 Å². The highest BCUT2D eigenvalue weighted by Crippen LogP contribution is 2.41. The zero-order valence-corrected chi connectivity index (χ0v) is 14.0. The molecule has 1 aromatic carbocycles. The van der Waals surface area contributed by atoms with Crippen LogP contribution in [-0.2, 0) is 13.5 Å². The van der Waals surface area contributed by atoms with Crippen LogP contribution in [0.5, 0.6) is 0 Å². The van der Waals surface area contributed by atoms with Gasteiger partial charge in [-0.1, -0.05) is 18.2 Å². The Morgan fingerprint density at radius 2 is 2.25 bits per heavy atom. The van der Waals surface area contributed by atoms with Crippen molar-refractivity contribution >= 4 is 27.7 Å². The third-order valence-corrected chi connectivity index (χ3v) is 6.18. The molecule has 0 saturated carbocycles. The molecule has 106 valence electrons. The summed E-state index contributed by atoms with van der Waals surface area (Å²) in [5.74, 6) is 1.51. The summed E-state index contributed by atoms with van der Waals surface area (Å²) in [6.45, 7) is 2.01. The maximum absolute atomic E-state index is 6.50. The largest absolute Gasteiger partial charge is 0.327 e. The molecule has 0 amide bonds. The molecule has 2 atom stereocenters. The van der Waals surface area contributed by atoms with Gasteiger partial charge in [-0.2, -0.15) is 5.10 Å². The Hall–Kier alpha value is -0.780. The van der Waals surface area contributed by atoms with Crippen molar-refractivity contribution in [3.63, 3.8) is 0 Å². The highest BCUT2D eigenvalue weighted by molar-refractivity contribution is 9.10. The maximum atomic E-state index is 6.50. The molecule has 0 aliphatic carbocycles. The third kappa shape index (κ3) is 2.43. The molecule has 2 N–H and O–H groups in total. The van der Waals surface area contributed by atoms with E-state index in [4.69, 9.17) is 5.73 Å². The van der Waals surface area contributed by atoms with Crippen molar-refractivity contribution in [1.82, 2.24) is 9.78 Å². The lowest BCUT2D eigenvalue weighted by Gasteiger charge is -2.20. The number of fused-ring (bicyclic) bond motifs is 1. The molecule has 3 rings (SSSR count). The molecule has 0 fully saturated rings. The Balaban J connectivity index is 1.83. The summed E-state index contributed by atoms with van der Waals surface area (Å²) in [4.78, 5) is 1.38. The number of hydrogen-bond acceptors (Lipinski definition) is 3. The van der Waals surface area contributed by atoms with Gasteiger partial charge in [-0.15, -0.1) is 11.8 Å². The first-order valence-corrected chi connectivity index (χ1v) is 8.51. The fraction of sp³-hybridized carbons (Fsp3) is 0.400. The van der Waals surface area contributed by atoms with Crippen molar-refractivity contribution in [1.29, 1.82) is 0 Å². The van der Waals surface area contributed by atoms with Crippen LogP contribution in [0.25, 0.3) is 0 Å². The van der Waals surface area contributed by atoms with Crippen LogP contribution in [0, 0.1) is 6.92 Å². The predicted molar refractivity (Wildman–Crippen MR) is 87.2 cm³/mol. The second-order valence-electron chi connectivity index (χ2n) is 5.29. The van der Waals surface area contributed by atoms with Crippen LogP contribution in [0.2, 0.25) is 0 Å². The van der Waals surface area contributed by atoms with E-state index in [1.165, 1.54) is 16.2 Å². The second kappa shape index (κ2) is 5.54. The van der Waals surface area contributed by atoms with Gasteiger partial charge < -0.3 is 5.73 Å². The monoisotopic (exact) mass is 351 g/mol. The van der Waals surface area contributed by atoms with Gasteiger partial charge >= 0.3 is 0 Å². The Morgan fingerprint density at radius 1 is 1.50 bits per heavy atom. The number of nitrogens with zero attached hydrogens (tertiary/aromatic N) is 2. The van der Waals surface area contributed by atoms with Gasteiger partial charge in [0, 0.05) is 36.1 Å². The number of hydrogen-bond donors (Lipinski definition) is 1. The molecule has 1 aliphatic rings. The first kappa shape index (κ1) is 14.2. The molecule has 0 radical (unpaired) electrons. The van der Waals surface area contributed by atoms with Crippen molar-refractivity contribution in [3.8, 4) is 0 Å². The summed E-state index contributed by atoms with van der Waals surface area (Å²) in [7, 11) is 1.98. The Kier molecular flexibility index (Phi) is 3.93. The summed E-state index contributed by atoms with van der Waals surface area (Å²) < 4.78 is 3.03. The smallest absolute Gasteiger partial charge is 0.0738 e. The zero-order chi connectivity index (χ0) is 14.3. The first-order valence-electron chi connectivity index (χ1n) is 6.73. The molecule has 3 nitrogen and oxygen atoms in total. The lowest BCUT2D eigenvalue weighted by atomic mass is 9.91. The third-order valence-electron chi connectivity index (χ3n) is 3.94. The van der Waals surface area contributed by atoms with Crippen LogP contribution in [0.15, 0.2) is 33.6 Å². The quantitative estimate of drug-likeness (QED) is 0.922. The highest BCUT2D eigenvalue weighted by Gasteiger charge is 2.29. The van der Waals surface area contributed by atoms with E-state index < -0.39 is 0 Å². The molecular weight excluding hydrogens is 334 g/mol. The average molecular weight is 352 g/mol. The van der Waals surface area contributed by atoms with Gasteiger partial charge in [0.2, 0.25) is 0 Å². The SMILES string of the molecule is Cc1nn(C)c(CC(N)C2CSc3ccccc32)c1Br. The number of benzene rings is 1. The van der Waals surface area contributed by atoms with Crippen molar-refractivity contribution < 1.29 is 0 Å². The minimum atomic E-state index is 0.122. The van der Waals surface area contributed by atoms with E-state index in [1.54, 1.807) is 0 Å². The number of halogens is 1.